The van der Waals surface area contributed by atoms with E-state index >= 15 is 8.78 Å². The number of anilines is 2. The molecule has 22 heteroatoms. The predicted molar refractivity (Wildman–Crippen MR) is 140 cm³/mol. The minimum atomic E-state index is -4.34. The Labute approximate surface area is 237 Å². The van der Waals surface area contributed by atoms with Gasteiger partial charge in [0.2, 0.25) is 5.95 Å². The number of halogens is 2. The van der Waals surface area contributed by atoms with E-state index in [1.807, 2.05) is 0 Å². The molecule has 226 valence electrons. The predicted octanol–water partition coefficient (Wildman–Crippen LogP) is -1.43. The third kappa shape index (κ3) is 4.91. The molecule has 6 heterocycles. The minimum absolute atomic E-state index is 0.0595. The average Bonchev–Trinajstić information content (AvgIpc) is 3.69. The van der Waals surface area contributed by atoms with Crippen LogP contribution in [0.4, 0.5) is 20.5 Å². The largest absolute Gasteiger partial charge is 0.394 e. The van der Waals surface area contributed by atoms with Gasteiger partial charge in [-0.05, 0) is 11.8 Å². The van der Waals surface area contributed by atoms with E-state index in [2.05, 4.69) is 29.9 Å². The van der Waals surface area contributed by atoms with Gasteiger partial charge in [-0.3, -0.25) is 23.4 Å². The minimum Gasteiger partial charge on any atom is -0.394 e. The van der Waals surface area contributed by atoms with Gasteiger partial charge < -0.3 is 40.6 Å². The number of alkyl halides is 2. The molecule has 8 N–H and O–H groups in total. The van der Waals surface area contributed by atoms with Crippen LogP contribution >= 0.6 is 6.72 Å². The fraction of sp³-hybridized carbons (Fsp3) is 0.500. The van der Waals surface area contributed by atoms with E-state index in [0.29, 0.717) is 0 Å². The zero-order valence-electron chi connectivity index (χ0n) is 21.0. The highest BCUT2D eigenvalue weighted by atomic mass is 32.5. The molecule has 0 aromatic carbocycles. The molecule has 0 aliphatic carbocycles. The molecule has 2 fully saturated rings. The van der Waals surface area contributed by atoms with Gasteiger partial charge in [-0.2, -0.15) is 4.98 Å². The van der Waals surface area contributed by atoms with Crippen LogP contribution in [-0.4, -0.2) is 104 Å². The Morgan fingerprint density at radius 1 is 1.05 bits per heavy atom. The second-order valence-corrected chi connectivity index (χ2v) is 12.2. The van der Waals surface area contributed by atoms with Crippen molar-refractivity contribution in [1.82, 2.24) is 39.0 Å². The molecule has 0 radical (unpaired) electrons. The molecule has 2 aliphatic heterocycles. The van der Waals surface area contributed by atoms with E-state index in [0.717, 1.165) is 17.2 Å². The van der Waals surface area contributed by atoms with Crippen LogP contribution in [0.1, 0.15) is 12.5 Å². The molecule has 4 aromatic rings. The van der Waals surface area contributed by atoms with E-state index in [4.69, 9.17) is 41.8 Å². The molecule has 4 aromatic heterocycles. The lowest BCUT2D eigenvalue weighted by Crippen LogP contribution is -2.33. The molecule has 1 unspecified atom stereocenters. The molecular weight excluding hydrogens is 609 g/mol. The van der Waals surface area contributed by atoms with Gasteiger partial charge in [0, 0.05) is 0 Å². The summed E-state index contributed by atoms with van der Waals surface area (Å²) >= 11 is 5.06. The zero-order chi connectivity index (χ0) is 29.9. The standard InChI is InChI=1S/C20H23F2N10O8PS/c21-8-6(1-33)38-19(32-5-28-11-16(32)29-20(24)30-17(11)35)13(8)40-41(36,42)37-2-7-12(34)9(22)18(39-7)31-4-27-10-14(23)25-3-26-15(10)31/h3-9,12-13,18-19,33-34H,1-2H2,(H,36,42)(H2,23,25,26)(H3,24,29,30,35)/t6-,7-,8-,9-,12-,13-,18-,19-,41?/m1/s1. The molecule has 2 aliphatic rings. The molecule has 2 saturated heterocycles. The van der Waals surface area contributed by atoms with Crippen LogP contribution in [0.25, 0.3) is 22.3 Å². The van der Waals surface area contributed by atoms with Crippen molar-refractivity contribution in [3.8, 4) is 0 Å². The van der Waals surface area contributed by atoms with Crippen LogP contribution in [0.15, 0.2) is 23.8 Å². The molecule has 0 bridgehead atoms. The van der Waals surface area contributed by atoms with Crippen molar-refractivity contribution in [2.75, 3.05) is 24.7 Å². The van der Waals surface area contributed by atoms with Crippen molar-refractivity contribution >= 4 is 52.6 Å². The van der Waals surface area contributed by atoms with Crippen molar-refractivity contribution < 1.29 is 42.4 Å². The highest BCUT2D eigenvalue weighted by Gasteiger charge is 2.51. The molecule has 0 spiro atoms. The number of aromatic amines is 1. The average molecular weight is 633 g/mol. The van der Waals surface area contributed by atoms with Gasteiger partial charge in [-0.15, -0.1) is 0 Å². The van der Waals surface area contributed by atoms with E-state index < -0.39 is 74.7 Å². The summed E-state index contributed by atoms with van der Waals surface area (Å²) in [6.45, 7) is -5.77. The number of aliphatic hydroxyl groups is 2. The fourth-order valence-corrected chi connectivity index (χ4v) is 6.19. The Bertz CT molecular complexity index is 1740. The molecule has 9 atom stereocenters. The Hall–Kier alpha value is -3.27. The fourth-order valence-electron chi connectivity index (χ4n) is 4.78. The van der Waals surface area contributed by atoms with Gasteiger partial charge in [0.05, 0.1) is 25.9 Å². The third-order valence-electron chi connectivity index (χ3n) is 6.78. The van der Waals surface area contributed by atoms with Crippen molar-refractivity contribution in [3.63, 3.8) is 0 Å². The Balaban J connectivity index is 1.19. The van der Waals surface area contributed by atoms with Crippen LogP contribution in [0.3, 0.4) is 0 Å². The first-order chi connectivity index (χ1) is 20.0. The van der Waals surface area contributed by atoms with E-state index in [-0.39, 0.29) is 34.1 Å². The highest BCUT2D eigenvalue weighted by Crippen LogP contribution is 2.51. The highest BCUT2D eigenvalue weighted by molar-refractivity contribution is 8.07. The van der Waals surface area contributed by atoms with Gasteiger partial charge in [0.25, 0.3) is 5.56 Å². The Morgan fingerprint density at radius 3 is 2.48 bits per heavy atom. The van der Waals surface area contributed by atoms with Crippen LogP contribution in [0.2, 0.25) is 0 Å². The molecule has 18 nitrogen and oxygen atoms in total. The lowest BCUT2D eigenvalue weighted by atomic mass is 10.1. The number of hydrogen-bond donors (Lipinski definition) is 6. The van der Waals surface area contributed by atoms with Crippen LogP contribution in [0, 0.1) is 0 Å². The lowest BCUT2D eigenvalue weighted by Gasteiger charge is -2.26. The molecular formula is C20H23F2N10O8PS. The van der Waals surface area contributed by atoms with Gasteiger partial charge in [-0.25, -0.2) is 28.7 Å². The Kier molecular flexibility index (Phi) is 7.40. The maximum absolute atomic E-state index is 15.3. The SMILES string of the molecule is Nc1nc2c(ncn2[C@@H]2O[C@H](CO)[C@@H](F)[C@H]2OP(O)(=S)OC[C@H]2O[C@@H](n3cnc4c(N)ncnc43)[C@H](F)[C@@H]2O)c(=O)[nH]1. The second kappa shape index (κ2) is 10.8. The van der Waals surface area contributed by atoms with Crippen molar-refractivity contribution in [1.29, 1.82) is 0 Å². The summed E-state index contributed by atoms with van der Waals surface area (Å²) in [5, 5.41) is 20.1. The number of imidazole rings is 2. The first kappa shape index (κ1) is 28.8. The van der Waals surface area contributed by atoms with Crippen molar-refractivity contribution in [3.05, 3.63) is 29.3 Å². The van der Waals surface area contributed by atoms with Crippen LogP contribution in [0.5, 0.6) is 0 Å². The van der Waals surface area contributed by atoms with Crippen molar-refractivity contribution in [2.24, 2.45) is 0 Å². The molecule has 6 rings (SSSR count). The van der Waals surface area contributed by atoms with Gasteiger partial charge in [0.15, 0.2) is 47.4 Å². The van der Waals surface area contributed by atoms with Gasteiger partial charge in [0.1, 0.15) is 36.3 Å². The first-order valence-corrected chi connectivity index (χ1v) is 14.8. The Morgan fingerprint density at radius 2 is 1.74 bits per heavy atom. The number of nitrogen functional groups attached to an aromatic ring is 2. The number of nitrogens with two attached hydrogens (primary N) is 2. The second-order valence-electron chi connectivity index (χ2n) is 9.38. The lowest BCUT2D eigenvalue weighted by molar-refractivity contribution is -0.0553. The molecule has 0 amide bonds. The summed E-state index contributed by atoms with van der Waals surface area (Å²) in [6.07, 6.45) is -9.52. The number of rotatable bonds is 8. The smallest absolute Gasteiger partial charge is 0.325 e. The number of nitrogens with zero attached hydrogens (tertiary/aromatic N) is 7. The summed E-state index contributed by atoms with van der Waals surface area (Å²) in [5.74, 6) is -0.195. The number of ether oxygens (including phenoxy) is 2. The number of H-pyrrole nitrogens is 1. The molecule has 0 saturated carbocycles. The summed E-state index contributed by atoms with van der Waals surface area (Å²) in [4.78, 5) is 45.1. The monoisotopic (exact) mass is 632 g/mol. The molecule has 42 heavy (non-hydrogen) atoms. The third-order valence-corrected chi connectivity index (χ3v) is 8.34. The quantitative estimate of drug-likeness (QED) is 0.122. The van der Waals surface area contributed by atoms with Gasteiger partial charge >= 0.3 is 6.72 Å². The normalized spacial score (nSPS) is 31.3. The summed E-state index contributed by atoms with van der Waals surface area (Å²) < 4.78 is 54.7. The van der Waals surface area contributed by atoms with Crippen LogP contribution < -0.4 is 17.0 Å². The first-order valence-electron chi connectivity index (χ1n) is 12.2. The van der Waals surface area contributed by atoms with Gasteiger partial charge in [-0.1, -0.05) is 0 Å². The van der Waals surface area contributed by atoms with E-state index in [1.54, 1.807) is 0 Å². The summed E-state index contributed by atoms with van der Waals surface area (Å²) in [5.41, 5.74) is 10.8. The summed E-state index contributed by atoms with van der Waals surface area (Å²) in [7, 11) is 0. The maximum Gasteiger partial charge on any atom is 0.325 e. The van der Waals surface area contributed by atoms with Crippen LogP contribution in [-0.2, 0) is 30.3 Å². The number of hydrogen-bond acceptors (Lipinski definition) is 15. The number of aromatic nitrogens is 8. The maximum atomic E-state index is 15.3. The van der Waals surface area contributed by atoms with E-state index in [1.165, 1.54) is 10.9 Å². The summed E-state index contributed by atoms with van der Waals surface area (Å²) in [6, 6.07) is 0. The number of aliphatic hydroxyl groups excluding tert-OH is 2. The number of fused-ring (bicyclic) bond motifs is 2. The van der Waals surface area contributed by atoms with Crippen molar-refractivity contribution in [2.45, 2.75) is 49.2 Å². The number of nitrogens with one attached hydrogen (secondary N) is 1. The zero-order valence-corrected chi connectivity index (χ0v) is 22.8. The van der Waals surface area contributed by atoms with E-state index in [9.17, 15) is 19.9 Å². The topological polar surface area (TPSA) is 257 Å².